The van der Waals surface area contributed by atoms with Crippen molar-refractivity contribution in [2.24, 2.45) is 0 Å². The van der Waals surface area contributed by atoms with Gasteiger partial charge < -0.3 is 25.4 Å². The molecule has 0 fully saturated rings. The summed E-state index contributed by atoms with van der Waals surface area (Å²) in [6.45, 7) is 1.82. The van der Waals surface area contributed by atoms with Crippen LogP contribution in [0, 0.1) is 0 Å². The van der Waals surface area contributed by atoms with E-state index in [-0.39, 0.29) is 5.91 Å². The Morgan fingerprint density at radius 3 is 2.52 bits per heavy atom. The fourth-order valence-electron chi connectivity index (χ4n) is 2.47. The van der Waals surface area contributed by atoms with Gasteiger partial charge in [-0.05, 0) is 41.1 Å². The predicted octanol–water partition coefficient (Wildman–Crippen LogP) is 2.01. The number of benzene rings is 1. The second-order valence-electron chi connectivity index (χ2n) is 4.88. The number of hydrogen-bond acceptors (Lipinski definition) is 4. The van der Waals surface area contributed by atoms with Gasteiger partial charge in [0.1, 0.15) is 11.5 Å². The lowest BCUT2D eigenvalue weighted by Gasteiger charge is -2.31. The van der Waals surface area contributed by atoms with Crippen LogP contribution in [-0.2, 0) is 4.79 Å². The molecule has 1 aliphatic heterocycles. The highest BCUT2D eigenvalue weighted by Crippen LogP contribution is 2.39. The molecule has 0 saturated carbocycles. The second kappa shape index (κ2) is 7.18. The van der Waals surface area contributed by atoms with E-state index in [1.54, 1.807) is 27.3 Å². The molecule has 1 atom stereocenters. The molecule has 6 nitrogen and oxygen atoms in total. The second-order valence-corrected chi connectivity index (χ2v) is 6.14. The number of rotatable bonds is 4. The van der Waals surface area contributed by atoms with Gasteiger partial charge in [-0.3, -0.25) is 4.79 Å². The quantitative estimate of drug-likeness (QED) is 0.672. The standard InChI is InChI=1S/C15H18BrN3O3S/c1-7-12(14(20)17-2)13(19-15(23)18-7)8-5-9(16)11(22-4)6-10(8)21-3/h5-6,13H,1-4H3,(H,17,20)(H2,18,19,23)/t13-/m1/s1. The van der Waals surface area contributed by atoms with Gasteiger partial charge in [0.05, 0.1) is 30.3 Å². The van der Waals surface area contributed by atoms with E-state index < -0.39 is 6.04 Å². The van der Waals surface area contributed by atoms with Crippen molar-refractivity contribution in [3.63, 3.8) is 0 Å². The minimum absolute atomic E-state index is 0.191. The molecule has 0 bridgehead atoms. The van der Waals surface area contributed by atoms with Gasteiger partial charge >= 0.3 is 0 Å². The first-order valence-corrected chi connectivity index (χ1v) is 8.04. The first kappa shape index (κ1) is 17.6. The molecule has 0 saturated heterocycles. The highest BCUT2D eigenvalue weighted by molar-refractivity contribution is 9.10. The Labute approximate surface area is 148 Å². The van der Waals surface area contributed by atoms with Crippen molar-refractivity contribution < 1.29 is 14.3 Å². The van der Waals surface area contributed by atoms with Gasteiger partial charge in [-0.2, -0.15) is 0 Å². The maximum absolute atomic E-state index is 12.3. The van der Waals surface area contributed by atoms with Gasteiger partial charge in [-0.25, -0.2) is 0 Å². The van der Waals surface area contributed by atoms with Crippen molar-refractivity contribution in [1.29, 1.82) is 0 Å². The van der Waals surface area contributed by atoms with Gasteiger partial charge in [-0.15, -0.1) is 0 Å². The van der Waals surface area contributed by atoms with Crippen LogP contribution in [0.5, 0.6) is 11.5 Å². The topological polar surface area (TPSA) is 71.6 Å². The molecular formula is C15H18BrN3O3S. The van der Waals surface area contributed by atoms with Crippen LogP contribution in [0.2, 0.25) is 0 Å². The number of nitrogens with one attached hydrogen (secondary N) is 3. The Hall–Kier alpha value is -1.80. The number of allylic oxidation sites excluding steroid dienone is 1. The number of ether oxygens (including phenoxy) is 2. The number of thiocarbonyl (C=S) groups is 1. The van der Waals surface area contributed by atoms with Gasteiger partial charge in [0.2, 0.25) is 0 Å². The fourth-order valence-corrected chi connectivity index (χ4v) is 3.27. The molecule has 23 heavy (non-hydrogen) atoms. The van der Waals surface area contributed by atoms with E-state index in [0.717, 1.165) is 10.0 Å². The number of likely N-dealkylation sites (N-methyl/N-ethyl adjacent to an activating group) is 1. The van der Waals surface area contributed by atoms with E-state index in [0.29, 0.717) is 27.9 Å². The van der Waals surface area contributed by atoms with Crippen LogP contribution in [0.4, 0.5) is 0 Å². The van der Waals surface area contributed by atoms with Crippen LogP contribution in [-0.4, -0.2) is 32.3 Å². The number of hydrogen-bond donors (Lipinski definition) is 3. The van der Waals surface area contributed by atoms with Crippen LogP contribution in [0.15, 0.2) is 27.9 Å². The summed E-state index contributed by atoms with van der Waals surface area (Å²) in [6.07, 6.45) is 0. The van der Waals surface area contributed by atoms with Crippen LogP contribution in [0.3, 0.4) is 0 Å². The first-order chi connectivity index (χ1) is 10.9. The highest BCUT2D eigenvalue weighted by Gasteiger charge is 2.31. The Morgan fingerprint density at radius 1 is 1.30 bits per heavy atom. The molecule has 8 heteroatoms. The summed E-state index contributed by atoms with van der Waals surface area (Å²) >= 11 is 8.70. The van der Waals surface area contributed by atoms with Crippen molar-refractivity contribution in [2.75, 3.05) is 21.3 Å². The van der Waals surface area contributed by atoms with Crippen LogP contribution >= 0.6 is 28.1 Å². The average Bonchev–Trinajstić information content (AvgIpc) is 2.53. The van der Waals surface area contributed by atoms with E-state index in [2.05, 4.69) is 31.9 Å². The number of halogens is 1. The van der Waals surface area contributed by atoms with Crippen molar-refractivity contribution >= 4 is 39.2 Å². The minimum Gasteiger partial charge on any atom is -0.496 e. The summed E-state index contributed by atoms with van der Waals surface area (Å²) in [5.74, 6) is 1.05. The van der Waals surface area contributed by atoms with E-state index in [9.17, 15) is 4.79 Å². The zero-order valence-electron chi connectivity index (χ0n) is 13.2. The van der Waals surface area contributed by atoms with E-state index in [1.807, 2.05) is 13.0 Å². The Kier molecular flexibility index (Phi) is 5.48. The molecule has 0 spiro atoms. The van der Waals surface area contributed by atoms with Crippen LogP contribution in [0.25, 0.3) is 0 Å². The summed E-state index contributed by atoms with van der Waals surface area (Å²) in [7, 11) is 4.74. The lowest BCUT2D eigenvalue weighted by molar-refractivity contribution is -0.117. The SMILES string of the molecule is CNC(=O)C1=C(C)NC(=S)N[C@@H]1c1cc(Br)c(OC)cc1OC. The zero-order valence-corrected chi connectivity index (χ0v) is 15.6. The predicted molar refractivity (Wildman–Crippen MR) is 95.6 cm³/mol. The molecule has 0 unspecified atom stereocenters. The molecule has 0 aliphatic carbocycles. The van der Waals surface area contributed by atoms with Crippen molar-refractivity contribution in [3.8, 4) is 11.5 Å². The molecule has 1 amide bonds. The molecule has 2 rings (SSSR count). The molecular weight excluding hydrogens is 382 g/mol. The van der Waals surface area contributed by atoms with Crippen molar-refractivity contribution in [2.45, 2.75) is 13.0 Å². The molecule has 0 aromatic heterocycles. The molecule has 3 N–H and O–H groups in total. The minimum atomic E-state index is -0.430. The number of methoxy groups -OCH3 is 2. The molecule has 0 radical (unpaired) electrons. The monoisotopic (exact) mass is 399 g/mol. The normalized spacial score (nSPS) is 17.3. The molecule has 124 valence electrons. The summed E-state index contributed by atoms with van der Waals surface area (Å²) < 4.78 is 11.5. The Morgan fingerprint density at radius 2 is 1.96 bits per heavy atom. The summed E-state index contributed by atoms with van der Waals surface area (Å²) in [5.41, 5.74) is 2.03. The molecule has 1 aromatic rings. The smallest absolute Gasteiger partial charge is 0.251 e. The molecule has 1 heterocycles. The highest BCUT2D eigenvalue weighted by atomic mass is 79.9. The van der Waals surface area contributed by atoms with Gasteiger partial charge in [-0.1, -0.05) is 0 Å². The largest absolute Gasteiger partial charge is 0.496 e. The van der Waals surface area contributed by atoms with Gasteiger partial charge in [0.25, 0.3) is 5.91 Å². The van der Waals surface area contributed by atoms with E-state index in [1.165, 1.54) is 0 Å². The van der Waals surface area contributed by atoms with Crippen molar-refractivity contribution in [1.82, 2.24) is 16.0 Å². The number of carbonyl (C=O) groups is 1. The Balaban J connectivity index is 2.62. The van der Waals surface area contributed by atoms with E-state index in [4.69, 9.17) is 21.7 Å². The average molecular weight is 400 g/mol. The fraction of sp³-hybridized carbons (Fsp3) is 0.333. The molecule has 1 aromatic carbocycles. The Bertz CT molecular complexity index is 691. The molecule has 1 aliphatic rings. The number of amides is 1. The lowest BCUT2D eigenvalue weighted by atomic mass is 9.94. The summed E-state index contributed by atoms with van der Waals surface area (Å²) in [6, 6.07) is 3.20. The lowest BCUT2D eigenvalue weighted by Crippen LogP contribution is -2.46. The first-order valence-electron chi connectivity index (χ1n) is 6.84. The van der Waals surface area contributed by atoms with Gasteiger partial charge in [0, 0.05) is 24.4 Å². The van der Waals surface area contributed by atoms with Crippen LogP contribution < -0.4 is 25.4 Å². The third-order valence-corrected chi connectivity index (χ3v) is 4.40. The third kappa shape index (κ3) is 3.42. The zero-order chi connectivity index (χ0) is 17.1. The van der Waals surface area contributed by atoms with Crippen LogP contribution in [0.1, 0.15) is 18.5 Å². The van der Waals surface area contributed by atoms with Crippen molar-refractivity contribution in [3.05, 3.63) is 33.4 Å². The van der Waals surface area contributed by atoms with E-state index >= 15 is 0 Å². The third-order valence-electron chi connectivity index (χ3n) is 3.56. The maximum Gasteiger partial charge on any atom is 0.251 e. The maximum atomic E-state index is 12.3. The van der Waals surface area contributed by atoms with Gasteiger partial charge in [0.15, 0.2) is 5.11 Å². The summed E-state index contributed by atoms with van der Waals surface area (Å²) in [5, 5.41) is 9.22. The summed E-state index contributed by atoms with van der Waals surface area (Å²) in [4.78, 5) is 12.3. The number of carbonyl (C=O) groups excluding carboxylic acids is 1.